The van der Waals surface area contributed by atoms with E-state index in [1.165, 1.54) is 24.3 Å². The number of alkyl halides is 2. The van der Waals surface area contributed by atoms with E-state index in [1.54, 1.807) is 0 Å². The Morgan fingerprint density at radius 2 is 1.94 bits per heavy atom. The molecule has 0 unspecified atom stereocenters. The molecular weight excluding hydrogens is 258 g/mol. The zero-order valence-corrected chi connectivity index (χ0v) is 11.1. The van der Waals surface area contributed by atoms with Gasteiger partial charge in [-0.25, -0.2) is 0 Å². The lowest BCUT2D eigenvalue weighted by Gasteiger charge is -2.24. The van der Waals surface area contributed by atoms with Crippen LogP contribution in [0.3, 0.4) is 0 Å². The van der Waals surface area contributed by atoms with Crippen molar-refractivity contribution in [2.24, 2.45) is 5.73 Å². The zero-order chi connectivity index (χ0) is 13.8. The van der Waals surface area contributed by atoms with Gasteiger partial charge in [-0.1, -0.05) is 11.8 Å². The van der Waals surface area contributed by atoms with Crippen molar-refractivity contribution in [1.82, 2.24) is 5.32 Å². The summed E-state index contributed by atoms with van der Waals surface area (Å²) in [5.74, 6) is -2.72. The number of hydrogen-bond acceptors (Lipinski definition) is 3. The highest BCUT2D eigenvalue weighted by atomic mass is 32.2. The summed E-state index contributed by atoms with van der Waals surface area (Å²) in [5, 5.41) is 2.76. The molecule has 3 N–H and O–H groups in total. The van der Waals surface area contributed by atoms with Crippen molar-refractivity contribution in [2.45, 2.75) is 30.0 Å². The van der Waals surface area contributed by atoms with Gasteiger partial charge in [0.15, 0.2) is 0 Å². The Kier molecular flexibility index (Phi) is 5.10. The molecule has 1 rings (SSSR count). The average Bonchev–Trinajstić information content (AvgIpc) is 2.28. The highest BCUT2D eigenvalue weighted by Gasteiger charge is 2.19. The van der Waals surface area contributed by atoms with Crippen LogP contribution in [0.1, 0.15) is 24.2 Å². The van der Waals surface area contributed by atoms with E-state index in [4.69, 9.17) is 5.73 Å². The second-order valence-electron chi connectivity index (χ2n) is 4.45. The molecule has 0 aliphatic rings. The fraction of sp³-hybridized carbons (Fsp3) is 0.417. The van der Waals surface area contributed by atoms with Gasteiger partial charge in [0, 0.05) is 22.5 Å². The molecule has 1 aromatic rings. The molecule has 0 saturated heterocycles. The molecule has 0 fully saturated rings. The molecule has 1 aromatic carbocycles. The number of nitrogens with one attached hydrogen (secondary N) is 1. The molecule has 0 saturated carbocycles. The minimum atomic E-state index is -2.46. The molecule has 18 heavy (non-hydrogen) atoms. The number of nitrogens with two attached hydrogens (primary N) is 1. The number of hydrogen-bond donors (Lipinski definition) is 2. The van der Waals surface area contributed by atoms with E-state index >= 15 is 0 Å². The Morgan fingerprint density at radius 1 is 1.39 bits per heavy atom. The minimum Gasteiger partial charge on any atom is -0.346 e. The molecule has 100 valence electrons. The average molecular weight is 274 g/mol. The van der Waals surface area contributed by atoms with Crippen molar-refractivity contribution in [2.75, 3.05) is 6.54 Å². The predicted molar refractivity (Wildman–Crippen MR) is 68.9 cm³/mol. The standard InChI is InChI=1S/C12H16F2N2OS/c1-12(2,7-15)16-10(17)8-3-5-9(6-4-8)18-11(13)14/h3-6,11H,7,15H2,1-2H3,(H,16,17). The number of carbonyl (C=O) groups excluding carboxylic acids is 1. The van der Waals surface area contributed by atoms with Crippen molar-refractivity contribution >= 4 is 17.7 Å². The van der Waals surface area contributed by atoms with Crippen molar-refractivity contribution in [3.05, 3.63) is 29.8 Å². The van der Waals surface area contributed by atoms with Crippen molar-refractivity contribution in [1.29, 1.82) is 0 Å². The van der Waals surface area contributed by atoms with E-state index in [1.807, 2.05) is 13.8 Å². The smallest absolute Gasteiger partial charge is 0.288 e. The predicted octanol–water partition coefficient (Wildman–Crippen LogP) is 2.47. The van der Waals surface area contributed by atoms with Crippen LogP contribution in [0.25, 0.3) is 0 Å². The van der Waals surface area contributed by atoms with Gasteiger partial charge < -0.3 is 11.1 Å². The Labute approximate surface area is 109 Å². The summed E-state index contributed by atoms with van der Waals surface area (Å²) in [6.45, 7) is 3.94. The van der Waals surface area contributed by atoms with Crippen LogP contribution in [0.2, 0.25) is 0 Å². The number of thioether (sulfide) groups is 1. The Morgan fingerprint density at radius 3 is 2.39 bits per heavy atom. The summed E-state index contributed by atoms with van der Waals surface area (Å²) < 4.78 is 24.2. The monoisotopic (exact) mass is 274 g/mol. The van der Waals surface area contributed by atoms with Gasteiger partial charge in [-0.3, -0.25) is 4.79 Å². The Bertz CT molecular complexity index is 407. The number of halogens is 2. The van der Waals surface area contributed by atoms with Crippen LogP contribution in [0.4, 0.5) is 8.78 Å². The quantitative estimate of drug-likeness (QED) is 0.811. The number of carbonyl (C=O) groups is 1. The van der Waals surface area contributed by atoms with Gasteiger partial charge >= 0.3 is 0 Å². The van der Waals surface area contributed by atoms with Crippen molar-refractivity contribution in [3.63, 3.8) is 0 Å². The van der Waals surface area contributed by atoms with Crippen LogP contribution in [0.5, 0.6) is 0 Å². The highest BCUT2D eigenvalue weighted by Crippen LogP contribution is 2.25. The first-order valence-corrected chi connectivity index (χ1v) is 6.29. The lowest BCUT2D eigenvalue weighted by Crippen LogP contribution is -2.48. The van der Waals surface area contributed by atoms with Crippen molar-refractivity contribution < 1.29 is 13.6 Å². The summed E-state index contributed by atoms with van der Waals surface area (Å²) in [6.07, 6.45) is 0. The molecule has 3 nitrogen and oxygen atoms in total. The largest absolute Gasteiger partial charge is 0.346 e. The number of amides is 1. The van der Waals surface area contributed by atoms with Gasteiger partial charge in [0.2, 0.25) is 0 Å². The first-order chi connectivity index (χ1) is 8.34. The molecule has 0 aliphatic heterocycles. The van der Waals surface area contributed by atoms with E-state index in [9.17, 15) is 13.6 Å². The molecule has 0 bridgehead atoms. The second kappa shape index (κ2) is 6.15. The first-order valence-electron chi connectivity index (χ1n) is 5.41. The molecule has 0 aliphatic carbocycles. The molecular formula is C12H16F2N2OS. The first kappa shape index (κ1) is 14.9. The summed E-state index contributed by atoms with van der Waals surface area (Å²) in [5.41, 5.74) is 5.44. The van der Waals surface area contributed by atoms with Gasteiger partial charge in [0.05, 0.1) is 0 Å². The minimum absolute atomic E-state index is 0.265. The molecule has 0 aromatic heterocycles. The van der Waals surface area contributed by atoms with E-state index in [2.05, 4.69) is 5.32 Å². The maximum absolute atomic E-state index is 12.1. The van der Waals surface area contributed by atoms with Crippen LogP contribution in [-0.2, 0) is 0 Å². The summed E-state index contributed by atoms with van der Waals surface area (Å²) >= 11 is 0.451. The van der Waals surface area contributed by atoms with E-state index in [0.717, 1.165) is 0 Å². The van der Waals surface area contributed by atoms with Crippen LogP contribution >= 0.6 is 11.8 Å². The SMILES string of the molecule is CC(C)(CN)NC(=O)c1ccc(SC(F)F)cc1. The number of rotatable bonds is 5. The van der Waals surface area contributed by atoms with Crippen LogP contribution < -0.4 is 11.1 Å². The molecule has 0 radical (unpaired) electrons. The summed E-state index contributed by atoms with van der Waals surface area (Å²) in [4.78, 5) is 12.3. The zero-order valence-electron chi connectivity index (χ0n) is 10.2. The molecule has 0 spiro atoms. The third-order valence-corrected chi connectivity index (χ3v) is 3.03. The number of benzene rings is 1. The maximum atomic E-state index is 12.1. The van der Waals surface area contributed by atoms with Gasteiger partial charge in [0.25, 0.3) is 11.7 Å². The second-order valence-corrected chi connectivity index (χ2v) is 5.51. The van der Waals surface area contributed by atoms with Crippen molar-refractivity contribution in [3.8, 4) is 0 Å². The molecule has 0 atom stereocenters. The Balaban J connectivity index is 2.70. The van der Waals surface area contributed by atoms with Gasteiger partial charge in [-0.15, -0.1) is 0 Å². The molecule has 1 amide bonds. The Hall–Kier alpha value is -1.14. The van der Waals surface area contributed by atoms with Gasteiger partial charge in [0.1, 0.15) is 0 Å². The van der Waals surface area contributed by atoms with Crippen LogP contribution in [0.15, 0.2) is 29.2 Å². The fourth-order valence-electron chi connectivity index (χ4n) is 1.22. The summed E-state index contributed by atoms with van der Waals surface area (Å²) in [6, 6.07) is 6.04. The third-order valence-electron chi connectivity index (χ3n) is 2.30. The van der Waals surface area contributed by atoms with Crippen LogP contribution in [-0.4, -0.2) is 23.7 Å². The fourth-order valence-corrected chi connectivity index (χ4v) is 1.72. The van der Waals surface area contributed by atoms with E-state index in [-0.39, 0.29) is 5.91 Å². The van der Waals surface area contributed by atoms with Gasteiger partial charge in [-0.05, 0) is 38.1 Å². The highest BCUT2D eigenvalue weighted by molar-refractivity contribution is 7.99. The maximum Gasteiger partial charge on any atom is 0.288 e. The normalized spacial score (nSPS) is 11.7. The lowest BCUT2D eigenvalue weighted by atomic mass is 10.1. The van der Waals surface area contributed by atoms with E-state index < -0.39 is 11.3 Å². The topological polar surface area (TPSA) is 55.1 Å². The van der Waals surface area contributed by atoms with Crippen LogP contribution in [0, 0.1) is 0 Å². The third kappa shape index (κ3) is 4.62. The molecule has 6 heteroatoms. The molecule has 0 heterocycles. The van der Waals surface area contributed by atoms with E-state index in [0.29, 0.717) is 28.8 Å². The lowest BCUT2D eigenvalue weighted by molar-refractivity contribution is 0.0915. The summed E-state index contributed by atoms with van der Waals surface area (Å²) in [7, 11) is 0. The van der Waals surface area contributed by atoms with Gasteiger partial charge in [-0.2, -0.15) is 8.78 Å².